The summed E-state index contributed by atoms with van der Waals surface area (Å²) in [5, 5.41) is 3.67. The van der Waals surface area contributed by atoms with E-state index in [0.717, 1.165) is 43.3 Å². The van der Waals surface area contributed by atoms with Crippen LogP contribution in [0.1, 0.15) is 18.1 Å². The number of amides is 1. The van der Waals surface area contributed by atoms with E-state index in [1.807, 2.05) is 48.5 Å². The van der Waals surface area contributed by atoms with Crippen LogP contribution in [0.2, 0.25) is 5.02 Å². The van der Waals surface area contributed by atoms with E-state index < -0.39 is 6.04 Å². The maximum Gasteiger partial charge on any atom is 0.234 e. The zero-order chi connectivity index (χ0) is 20.6. The molecule has 5 nitrogen and oxygen atoms in total. The van der Waals surface area contributed by atoms with Crippen molar-refractivity contribution < 1.29 is 9.59 Å². The minimum atomic E-state index is -0.478. The lowest BCUT2D eigenvalue weighted by Crippen LogP contribution is -2.51. The van der Waals surface area contributed by atoms with Crippen LogP contribution >= 0.6 is 11.6 Å². The number of nitrogens with zero attached hydrogens (tertiary/aromatic N) is 2. The van der Waals surface area contributed by atoms with Crippen LogP contribution in [0.3, 0.4) is 0 Å². The Hall–Kier alpha value is -2.21. The van der Waals surface area contributed by atoms with Crippen molar-refractivity contribution >= 4 is 23.3 Å². The first-order valence-corrected chi connectivity index (χ1v) is 10.4. The highest BCUT2D eigenvalue weighted by Crippen LogP contribution is 2.14. The van der Waals surface area contributed by atoms with E-state index in [4.69, 9.17) is 11.6 Å². The lowest BCUT2D eigenvalue weighted by Gasteiger charge is -2.34. The van der Waals surface area contributed by atoms with E-state index in [2.05, 4.69) is 21.2 Å². The van der Waals surface area contributed by atoms with Gasteiger partial charge in [0.15, 0.2) is 5.78 Å². The molecule has 154 valence electrons. The average Bonchev–Trinajstić information content (AvgIpc) is 2.70. The van der Waals surface area contributed by atoms with Gasteiger partial charge in [0.2, 0.25) is 5.91 Å². The van der Waals surface area contributed by atoms with Crippen molar-refractivity contribution in [2.24, 2.45) is 0 Å². The molecule has 0 spiro atoms. The van der Waals surface area contributed by atoms with Crippen LogP contribution < -0.4 is 5.32 Å². The van der Waals surface area contributed by atoms with Gasteiger partial charge in [0.25, 0.3) is 0 Å². The Morgan fingerprint density at radius 1 is 0.966 bits per heavy atom. The molecular weight excluding hydrogens is 386 g/mol. The zero-order valence-corrected chi connectivity index (χ0v) is 17.6. The summed E-state index contributed by atoms with van der Waals surface area (Å²) in [5.74, 6) is -0.113. The molecule has 29 heavy (non-hydrogen) atoms. The third-order valence-corrected chi connectivity index (χ3v) is 5.47. The molecule has 0 aliphatic carbocycles. The SMILES string of the molecule is CC(=O)[C@@H](Cc1ccccc1)NC(=O)CN1CCN(Cc2cccc(Cl)c2)CC1. The lowest BCUT2D eigenvalue weighted by molar-refractivity contribution is -0.127. The molecule has 1 heterocycles. The number of carbonyl (C=O) groups is 2. The van der Waals surface area contributed by atoms with E-state index in [0.29, 0.717) is 13.0 Å². The van der Waals surface area contributed by atoms with Crippen molar-refractivity contribution in [2.45, 2.75) is 25.9 Å². The predicted molar refractivity (Wildman–Crippen MR) is 116 cm³/mol. The summed E-state index contributed by atoms with van der Waals surface area (Å²) in [6, 6.07) is 17.2. The van der Waals surface area contributed by atoms with Crippen LogP contribution in [0, 0.1) is 0 Å². The predicted octanol–water partition coefficient (Wildman–Crippen LogP) is 2.77. The maximum absolute atomic E-state index is 12.5. The van der Waals surface area contributed by atoms with Crippen molar-refractivity contribution in [3.8, 4) is 0 Å². The van der Waals surface area contributed by atoms with Gasteiger partial charge in [-0.3, -0.25) is 19.4 Å². The Labute approximate surface area is 177 Å². The number of hydrogen-bond acceptors (Lipinski definition) is 4. The van der Waals surface area contributed by atoms with Gasteiger partial charge in [-0.05, 0) is 36.6 Å². The Kier molecular flexibility index (Phi) is 7.81. The summed E-state index contributed by atoms with van der Waals surface area (Å²) < 4.78 is 0. The first-order chi connectivity index (χ1) is 14.0. The summed E-state index contributed by atoms with van der Waals surface area (Å²) in [5.41, 5.74) is 2.25. The fourth-order valence-electron chi connectivity index (χ4n) is 3.59. The molecule has 1 saturated heterocycles. The fraction of sp³-hybridized carbons (Fsp3) is 0.391. The molecule has 0 aromatic heterocycles. The van der Waals surface area contributed by atoms with Crippen LogP contribution in [-0.4, -0.2) is 60.3 Å². The second-order valence-electron chi connectivity index (χ2n) is 7.60. The Balaban J connectivity index is 1.44. The van der Waals surface area contributed by atoms with Gasteiger partial charge in [-0.2, -0.15) is 0 Å². The maximum atomic E-state index is 12.5. The first kappa shape index (κ1) is 21.5. The summed E-state index contributed by atoms with van der Waals surface area (Å²) in [6.07, 6.45) is 0.523. The van der Waals surface area contributed by atoms with E-state index >= 15 is 0 Å². The molecule has 1 fully saturated rings. The number of ketones is 1. The van der Waals surface area contributed by atoms with Gasteiger partial charge in [0.05, 0.1) is 12.6 Å². The number of carbonyl (C=O) groups excluding carboxylic acids is 2. The highest BCUT2D eigenvalue weighted by Gasteiger charge is 2.22. The minimum absolute atomic E-state index is 0.0199. The van der Waals surface area contributed by atoms with E-state index in [1.54, 1.807) is 0 Å². The minimum Gasteiger partial charge on any atom is -0.345 e. The number of hydrogen-bond donors (Lipinski definition) is 1. The average molecular weight is 414 g/mol. The second kappa shape index (κ2) is 10.5. The third kappa shape index (κ3) is 6.96. The number of rotatable bonds is 8. The second-order valence-corrected chi connectivity index (χ2v) is 8.04. The standard InChI is InChI=1S/C23H28ClN3O2/c1-18(28)22(15-19-6-3-2-4-7-19)25-23(29)17-27-12-10-26(11-13-27)16-20-8-5-9-21(24)14-20/h2-9,14,22H,10-13,15-17H2,1H3,(H,25,29)/t22-/m1/s1. The molecule has 2 aromatic carbocycles. The van der Waals surface area contributed by atoms with Crippen LogP contribution in [0.15, 0.2) is 54.6 Å². The molecule has 1 aliphatic heterocycles. The van der Waals surface area contributed by atoms with Gasteiger partial charge in [-0.25, -0.2) is 0 Å². The molecule has 0 bridgehead atoms. The van der Waals surface area contributed by atoms with Gasteiger partial charge in [-0.1, -0.05) is 54.1 Å². The van der Waals surface area contributed by atoms with Gasteiger partial charge < -0.3 is 5.32 Å². The van der Waals surface area contributed by atoms with Gasteiger partial charge in [0, 0.05) is 37.7 Å². The third-order valence-electron chi connectivity index (χ3n) is 5.24. The molecule has 1 N–H and O–H groups in total. The zero-order valence-electron chi connectivity index (χ0n) is 16.8. The van der Waals surface area contributed by atoms with Gasteiger partial charge in [0.1, 0.15) is 0 Å². The molecule has 0 saturated carbocycles. The molecule has 1 amide bonds. The number of halogens is 1. The van der Waals surface area contributed by atoms with E-state index in [1.165, 1.54) is 12.5 Å². The van der Waals surface area contributed by atoms with Crippen LogP contribution in [0.5, 0.6) is 0 Å². The van der Waals surface area contributed by atoms with Gasteiger partial charge in [-0.15, -0.1) is 0 Å². The molecule has 0 radical (unpaired) electrons. The summed E-state index contributed by atoms with van der Waals surface area (Å²) in [4.78, 5) is 29.0. The summed E-state index contributed by atoms with van der Waals surface area (Å²) in [7, 11) is 0. The molecule has 1 atom stereocenters. The molecule has 0 unspecified atom stereocenters. The topological polar surface area (TPSA) is 52.7 Å². The Morgan fingerprint density at radius 3 is 2.28 bits per heavy atom. The van der Waals surface area contributed by atoms with Gasteiger partial charge >= 0.3 is 0 Å². The molecule has 6 heteroatoms. The number of piperazine rings is 1. The normalized spacial score (nSPS) is 16.3. The number of Topliss-reactive ketones (excluding diaryl/α,β-unsaturated/α-hetero) is 1. The smallest absolute Gasteiger partial charge is 0.234 e. The van der Waals surface area contributed by atoms with Crippen molar-refractivity contribution in [1.82, 2.24) is 15.1 Å². The molecular formula is C23H28ClN3O2. The summed E-state index contributed by atoms with van der Waals surface area (Å²) >= 11 is 6.06. The number of nitrogens with one attached hydrogen (secondary N) is 1. The Morgan fingerprint density at radius 2 is 1.62 bits per heavy atom. The quantitative estimate of drug-likeness (QED) is 0.723. The first-order valence-electron chi connectivity index (χ1n) is 10.0. The molecule has 2 aromatic rings. The van der Waals surface area contributed by atoms with Crippen molar-refractivity contribution in [2.75, 3.05) is 32.7 Å². The monoisotopic (exact) mass is 413 g/mol. The fourth-order valence-corrected chi connectivity index (χ4v) is 3.80. The van der Waals surface area contributed by atoms with Crippen molar-refractivity contribution in [3.63, 3.8) is 0 Å². The van der Waals surface area contributed by atoms with E-state index in [-0.39, 0.29) is 11.7 Å². The van der Waals surface area contributed by atoms with Crippen LogP contribution in [0.25, 0.3) is 0 Å². The molecule has 1 aliphatic rings. The highest BCUT2D eigenvalue weighted by molar-refractivity contribution is 6.30. The summed E-state index contributed by atoms with van der Waals surface area (Å²) in [6.45, 7) is 6.19. The molecule has 3 rings (SSSR count). The lowest BCUT2D eigenvalue weighted by atomic mass is 10.0. The highest BCUT2D eigenvalue weighted by atomic mass is 35.5. The van der Waals surface area contributed by atoms with Crippen LogP contribution in [-0.2, 0) is 22.6 Å². The van der Waals surface area contributed by atoms with E-state index in [9.17, 15) is 9.59 Å². The van der Waals surface area contributed by atoms with Crippen molar-refractivity contribution in [1.29, 1.82) is 0 Å². The largest absolute Gasteiger partial charge is 0.345 e. The Bertz CT molecular complexity index is 820. The number of benzene rings is 2. The van der Waals surface area contributed by atoms with Crippen molar-refractivity contribution in [3.05, 3.63) is 70.7 Å². The van der Waals surface area contributed by atoms with Crippen LogP contribution in [0.4, 0.5) is 0 Å².